The van der Waals surface area contributed by atoms with Crippen molar-refractivity contribution >= 4 is 28.4 Å². The number of hydrogen-bond acceptors (Lipinski definition) is 6. The number of fused-ring (bicyclic) bond motifs is 1. The summed E-state index contributed by atoms with van der Waals surface area (Å²) in [7, 11) is 1.58. The van der Waals surface area contributed by atoms with E-state index in [4.69, 9.17) is 9.47 Å². The molecule has 0 radical (unpaired) electrons. The largest absolute Gasteiger partial charge is 0.497 e. The number of methoxy groups -OCH3 is 1. The van der Waals surface area contributed by atoms with Crippen LogP contribution >= 0.6 is 0 Å². The molecule has 2 N–H and O–H groups in total. The Morgan fingerprint density at radius 2 is 1.72 bits per heavy atom. The predicted octanol–water partition coefficient (Wildman–Crippen LogP) is 4.87. The van der Waals surface area contributed by atoms with E-state index < -0.39 is 5.97 Å². The van der Waals surface area contributed by atoms with E-state index in [1.54, 1.807) is 43.5 Å². The van der Waals surface area contributed by atoms with E-state index >= 15 is 0 Å². The predicted molar refractivity (Wildman–Crippen MR) is 109 cm³/mol. The molecule has 0 saturated carbocycles. The molecule has 2 heterocycles. The summed E-state index contributed by atoms with van der Waals surface area (Å²) in [6, 6.07) is 19.8. The molecule has 0 saturated heterocycles. The maximum absolute atomic E-state index is 11.8. The molecule has 0 fully saturated rings. The third-order valence-corrected chi connectivity index (χ3v) is 4.24. The molecule has 0 aliphatic carbocycles. The lowest BCUT2D eigenvalue weighted by molar-refractivity contribution is 0.0697. The van der Waals surface area contributed by atoms with Crippen LogP contribution in [0.5, 0.6) is 17.4 Å². The highest BCUT2D eigenvalue weighted by Gasteiger charge is 2.17. The van der Waals surface area contributed by atoms with E-state index in [1.807, 2.05) is 30.3 Å². The summed E-state index contributed by atoms with van der Waals surface area (Å²) in [5, 5.41) is 12.8. The summed E-state index contributed by atoms with van der Waals surface area (Å²) in [4.78, 5) is 20.5. The van der Waals surface area contributed by atoms with Gasteiger partial charge in [-0.05, 0) is 42.5 Å². The van der Waals surface area contributed by atoms with Crippen molar-refractivity contribution in [3.63, 3.8) is 0 Å². The molecule has 2 aromatic carbocycles. The average Bonchev–Trinajstić information content (AvgIpc) is 2.75. The summed E-state index contributed by atoms with van der Waals surface area (Å²) < 4.78 is 11.0. The number of rotatable bonds is 6. The molecule has 0 bridgehead atoms. The third kappa shape index (κ3) is 3.93. The molecule has 0 amide bonds. The van der Waals surface area contributed by atoms with Crippen molar-refractivity contribution in [1.82, 2.24) is 9.97 Å². The molecule has 0 aliphatic heterocycles. The highest BCUT2D eigenvalue weighted by atomic mass is 16.5. The third-order valence-electron chi connectivity index (χ3n) is 4.24. The Kier molecular flexibility index (Phi) is 4.94. The van der Waals surface area contributed by atoms with Crippen molar-refractivity contribution in [2.45, 2.75) is 0 Å². The van der Waals surface area contributed by atoms with Crippen LogP contribution < -0.4 is 14.8 Å². The number of aromatic carboxylic acids is 1. The Labute approximate surface area is 166 Å². The van der Waals surface area contributed by atoms with Crippen LogP contribution in [0.15, 0.2) is 72.9 Å². The van der Waals surface area contributed by atoms with Crippen molar-refractivity contribution in [2.75, 3.05) is 12.4 Å². The van der Waals surface area contributed by atoms with Crippen molar-refractivity contribution in [2.24, 2.45) is 0 Å². The fourth-order valence-corrected chi connectivity index (χ4v) is 2.82. The van der Waals surface area contributed by atoms with E-state index in [-0.39, 0.29) is 5.56 Å². The number of hydrogen-bond donors (Lipinski definition) is 2. The Morgan fingerprint density at radius 3 is 2.41 bits per heavy atom. The van der Waals surface area contributed by atoms with E-state index in [0.717, 1.165) is 0 Å². The smallest absolute Gasteiger partial charge is 0.339 e. The monoisotopic (exact) mass is 387 g/mol. The topological polar surface area (TPSA) is 93.6 Å². The number of carbonyl (C=O) groups is 1. The zero-order valence-corrected chi connectivity index (χ0v) is 15.5. The van der Waals surface area contributed by atoms with Gasteiger partial charge in [0.2, 0.25) is 5.88 Å². The number of aromatic nitrogens is 2. The Hall–Kier alpha value is -4.13. The van der Waals surface area contributed by atoms with Gasteiger partial charge >= 0.3 is 5.97 Å². The van der Waals surface area contributed by atoms with Crippen LogP contribution in [0.25, 0.3) is 11.0 Å². The molecule has 4 aromatic rings. The van der Waals surface area contributed by atoms with Gasteiger partial charge in [0, 0.05) is 18.0 Å². The fraction of sp³-hybridized carbons (Fsp3) is 0.0455. The van der Waals surface area contributed by atoms with Crippen molar-refractivity contribution in [1.29, 1.82) is 0 Å². The molecule has 7 nitrogen and oxygen atoms in total. The van der Waals surface area contributed by atoms with E-state index in [9.17, 15) is 9.90 Å². The van der Waals surface area contributed by atoms with Crippen molar-refractivity contribution in [3.8, 4) is 17.4 Å². The van der Waals surface area contributed by atoms with Gasteiger partial charge in [0.1, 0.15) is 22.6 Å². The SMILES string of the molecule is COc1ccc(Nc2c(C(=O)O)cnc3ccc(Oc4ccccc4)nc23)cc1. The number of carboxylic acids is 1. The summed E-state index contributed by atoms with van der Waals surface area (Å²) >= 11 is 0. The van der Waals surface area contributed by atoms with Crippen LogP contribution in [-0.2, 0) is 0 Å². The molecular weight excluding hydrogens is 370 g/mol. The van der Waals surface area contributed by atoms with Crippen LogP contribution in [-0.4, -0.2) is 28.2 Å². The molecule has 7 heteroatoms. The second-order valence-electron chi connectivity index (χ2n) is 6.14. The zero-order chi connectivity index (χ0) is 20.2. The van der Waals surface area contributed by atoms with Gasteiger partial charge in [-0.25, -0.2) is 9.78 Å². The molecule has 2 aromatic heterocycles. The molecule has 0 atom stereocenters. The molecule has 0 unspecified atom stereocenters. The lowest BCUT2D eigenvalue weighted by Gasteiger charge is -2.13. The second kappa shape index (κ2) is 7.85. The summed E-state index contributed by atoms with van der Waals surface area (Å²) in [5.74, 6) is 0.564. The number of ether oxygens (including phenoxy) is 2. The average molecular weight is 387 g/mol. The summed E-state index contributed by atoms with van der Waals surface area (Å²) in [6.07, 6.45) is 1.32. The molecule has 4 rings (SSSR count). The van der Waals surface area contributed by atoms with Gasteiger partial charge in [0.15, 0.2) is 0 Å². The first-order valence-electron chi connectivity index (χ1n) is 8.81. The number of benzene rings is 2. The zero-order valence-electron chi connectivity index (χ0n) is 15.5. The lowest BCUT2D eigenvalue weighted by atomic mass is 10.1. The number of carboxylic acid groups (broad SMARTS) is 1. The quantitative estimate of drug-likeness (QED) is 0.487. The van der Waals surface area contributed by atoms with E-state index in [0.29, 0.717) is 39.8 Å². The minimum Gasteiger partial charge on any atom is -0.497 e. The van der Waals surface area contributed by atoms with Crippen LogP contribution in [0.3, 0.4) is 0 Å². The highest BCUT2D eigenvalue weighted by Crippen LogP contribution is 2.31. The number of nitrogens with zero attached hydrogens (tertiary/aromatic N) is 2. The van der Waals surface area contributed by atoms with E-state index in [2.05, 4.69) is 15.3 Å². The van der Waals surface area contributed by atoms with Gasteiger partial charge < -0.3 is 19.9 Å². The van der Waals surface area contributed by atoms with Gasteiger partial charge in [-0.15, -0.1) is 0 Å². The minimum absolute atomic E-state index is 0.0117. The number of anilines is 2. The molecule has 0 aliphatic rings. The lowest BCUT2D eigenvalue weighted by Crippen LogP contribution is -2.06. The fourth-order valence-electron chi connectivity index (χ4n) is 2.82. The van der Waals surface area contributed by atoms with Gasteiger partial charge in [0.25, 0.3) is 0 Å². The first-order valence-corrected chi connectivity index (χ1v) is 8.81. The first-order chi connectivity index (χ1) is 14.1. The molecular formula is C22H17N3O4. The van der Waals surface area contributed by atoms with Gasteiger partial charge in [-0.2, -0.15) is 0 Å². The Bertz CT molecular complexity index is 1160. The Balaban J connectivity index is 1.78. The minimum atomic E-state index is -1.11. The first kappa shape index (κ1) is 18.2. The molecule has 29 heavy (non-hydrogen) atoms. The van der Waals surface area contributed by atoms with Crippen LogP contribution in [0.4, 0.5) is 11.4 Å². The maximum atomic E-state index is 11.8. The van der Waals surface area contributed by atoms with Crippen LogP contribution in [0.2, 0.25) is 0 Å². The van der Waals surface area contributed by atoms with Gasteiger partial charge in [-0.1, -0.05) is 18.2 Å². The Morgan fingerprint density at radius 1 is 0.966 bits per heavy atom. The van der Waals surface area contributed by atoms with Crippen LogP contribution in [0.1, 0.15) is 10.4 Å². The standard InChI is InChI=1S/C22H17N3O4/c1-28-15-9-7-14(8-10-15)24-20-17(22(26)27)13-23-18-11-12-19(25-21(18)20)29-16-5-3-2-4-6-16/h2-13H,1H3,(H,23,24)(H,26,27). The summed E-state index contributed by atoms with van der Waals surface area (Å²) in [5.41, 5.74) is 1.99. The molecule has 0 spiro atoms. The number of nitrogens with one attached hydrogen (secondary N) is 1. The molecule has 144 valence electrons. The summed E-state index contributed by atoms with van der Waals surface area (Å²) in [6.45, 7) is 0. The van der Waals surface area contributed by atoms with Crippen LogP contribution in [0, 0.1) is 0 Å². The second-order valence-corrected chi connectivity index (χ2v) is 6.14. The highest BCUT2D eigenvalue weighted by molar-refractivity contribution is 6.03. The normalized spacial score (nSPS) is 10.5. The van der Waals surface area contributed by atoms with Crippen molar-refractivity contribution in [3.05, 3.63) is 78.5 Å². The van der Waals surface area contributed by atoms with Crippen molar-refractivity contribution < 1.29 is 19.4 Å². The van der Waals surface area contributed by atoms with E-state index in [1.165, 1.54) is 6.20 Å². The number of pyridine rings is 2. The maximum Gasteiger partial charge on any atom is 0.339 e. The van der Waals surface area contributed by atoms with Gasteiger partial charge in [-0.3, -0.25) is 4.98 Å². The van der Waals surface area contributed by atoms with Gasteiger partial charge in [0.05, 0.1) is 18.3 Å². The number of para-hydroxylation sites is 1.